The highest BCUT2D eigenvalue weighted by Gasteiger charge is 2.18. The van der Waals surface area contributed by atoms with Gasteiger partial charge in [0.05, 0.1) is 0 Å². The zero-order valence-electron chi connectivity index (χ0n) is 10.1. The second-order valence-corrected chi connectivity index (χ2v) is 5.58. The molecule has 0 bridgehead atoms. The molecule has 2 rings (SSSR count). The first-order chi connectivity index (χ1) is 7.78. The van der Waals surface area contributed by atoms with Crippen molar-refractivity contribution in [1.29, 1.82) is 0 Å². The molecular formula is C13H20N2S. The quantitative estimate of drug-likeness (QED) is 0.808. The van der Waals surface area contributed by atoms with Crippen molar-refractivity contribution >= 4 is 17.6 Å². The van der Waals surface area contributed by atoms with Crippen LogP contribution in [0, 0.1) is 5.92 Å². The molecule has 2 unspecified atom stereocenters. The van der Waals surface area contributed by atoms with E-state index in [9.17, 15) is 0 Å². The highest BCUT2D eigenvalue weighted by atomic mass is 32.2. The van der Waals surface area contributed by atoms with Crippen LogP contribution in [0.15, 0.2) is 23.2 Å². The largest absolute Gasteiger partial charge is 0.367 e. The molecule has 0 saturated heterocycles. The molecular weight excluding hydrogens is 216 g/mol. The van der Waals surface area contributed by atoms with E-state index < -0.39 is 0 Å². The van der Waals surface area contributed by atoms with Gasteiger partial charge in [0, 0.05) is 17.1 Å². The topological polar surface area (TPSA) is 24.9 Å². The van der Waals surface area contributed by atoms with Gasteiger partial charge in [-0.25, -0.2) is 4.98 Å². The molecule has 1 aliphatic carbocycles. The molecule has 1 fully saturated rings. The Bertz CT molecular complexity index is 323. The van der Waals surface area contributed by atoms with E-state index in [-0.39, 0.29) is 0 Å². The molecule has 1 aromatic rings. The molecule has 1 saturated carbocycles. The number of hydrogen-bond acceptors (Lipinski definition) is 3. The number of nitrogens with one attached hydrogen (secondary N) is 1. The van der Waals surface area contributed by atoms with Crippen molar-refractivity contribution in [2.45, 2.75) is 43.5 Å². The second kappa shape index (κ2) is 5.58. The van der Waals surface area contributed by atoms with Gasteiger partial charge in [-0.15, -0.1) is 11.8 Å². The van der Waals surface area contributed by atoms with Crippen LogP contribution in [0.5, 0.6) is 0 Å². The highest BCUT2D eigenvalue weighted by molar-refractivity contribution is 7.98. The SMILES string of the molecule is CSc1ccc(NC2CCCC(C)C2)nc1. The Morgan fingerprint density at radius 1 is 1.38 bits per heavy atom. The van der Waals surface area contributed by atoms with E-state index in [1.54, 1.807) is 11.8 Å². The normalized spacial score (nSPS) is 25.4. The van der Waals surface area contributed by atoms with Crippen molar-refractivity contribution in [3.8, 4) is 0 Å². The van der Waals surface area contributed by atoms with Crippen LogP contribution >= 0.6 is 11.8 Å². The molecule has 88 valence electrons. The predicted octanol–water partition coefficient (Wildman–Crippen LogP) is 3.79. The summed E-state index contributed by atoms with van der Waals surface area (Å²) in [5.41, 5.74) is 0. The first-order valence-electron chi connectivity index (χ1n) is 6.04. The van der Waals surface area contributed by atoms with Crippen LogP contribution in [-0.4, -0.2) is 17.3 Å². The van der Waals surface area contributed by atoms with Crippen molar-refractivity contribution in [3.05, 3.63) is 18.3 Å². The van der Waals surface area contributed by atoms with Crippen molar-refractivity contribution in [1.82, 2.24) is 4.98 Å². The lowest BCUT2D eigenvalue weighted by molar-refractivity contribution is 0.358. The van der Waals surface area contributed by atoms with Crippen molar-refractivity contribution in [3.63, 3.8) is 0 Å². The molecule has 2 atom stereocenters. The smallest absolute Gasteiger partial charge is 0.126 e. The summed E-state index contributed by atoms with van der Waals surface area (Å²) < 4.78 is 0. The molecule has 1 N–H and O–H groups in total. The van der Waals surface area contributed by atoms with Crippen molar-refractivity contribution in [2.75, 3.05) is 11.6 Å². The molecule has 1 aliphatic rings. The molecule has 0 amide bonds. The van der Waals surface area contributed by atoms with E-state index in [4.69, 9.17) is 0 Å². The molecule has 0 aromatic carbocycles. The van der Waals surface area contributed by atoms with Gasteiger partial charge in [-0.2, -0.15) is 0 Å². The van der Waals surface area contributed by atoms with Gasteiger partial charge in [-0.3, -0.25) is 0 Å². The Balaban J connectivity index is 1.92. The van der Waals surface area contributed by atoms with Gasteiger partial charge < -0.3 is 5.32 Å². The highest BCUT2D eigenvalue weighted by Crippen LogP contribution is 2.26. The molecule has 1 aromatic heterocycles. The Kier molecular flexibility index (Phi) is 4.10. The molecule has 3 heteroatoms. The third kappa shape index (κ3) is 3.14. The summed E-state index contributed by atoms with van der Waals surface area (Å²) in [4.78, 5) is 5.66. The molecule has 0 radical (unpaired) electrons. The number of aromatic nitrogens is 1. The van der Waals surface area contributed by atoms with Gasteiger partial charge in [-0.05, 0) is 37.1 Å². The molecule has 2 nitrogen and oxygen atoms in total. The molecule has 0 spiro atoms. The first-order valence-corrected chi connectivity index (χ1v) is 7.27. The predicted molar refractivity (Wildman–Crippen MR) is 71.1 cm³/mol. The summed E-state index contributed by atoms with van der Waals surface area (Å²) in [5, 5.41) is 3.54. The Morgan fingerprint density at radius 3 is 2.88 bits per heavy atom. The second-order valence-electron chi connectivity index (χ2n) is 4.70. The summed E-state index contributed by atoms with van der Waals surface area (Å²) in [6.45, 7) is 2.35. The number of anilines is 1. The maximum absolute atomic E-state index is 4.44. The van der Waals surface area contributed by atoms with Crippen LogP contribution < -0.4 is 5.32 Å². The van der Waals surface area contributed by atoms with E-state index >= 15 is 0 Å². The maximum atomic E-state index is 4.44. The fourth-order valence-corrected chi connectivity index (χ4v) is 2.72. The minimum atomic E-state index is 0.622. The lowest BCUT2D eigenvalue weighted by atomic mass is 9.87. The van der Waals surface area contributed by atoms with Crippen LogP contribution in [0.2, 0.25) is 0 Å². The average molecular weight is 236 g/mol. The third-order valence-corrected chi connectivity index (χ3v) is 3.97. The maximum Gasteiger partial charge on any atom is 0.126 e. The summed E-state index contributed by atoms with van der Waals surface area (Å²) in [6.07, 6.45) is 9.33. The van der Waals surface area contributed by atoms with Gasteiger partial charge in [0.15, 0.2) is 0 Å². The summed E-state index contributed by atoms with van der Waals surface area (Å²) in [5.74, 6) is 1.88. The Hall–Kier alpha value is -0.700. The van der Waals surface area contributed by atoms with E-state index in [0.29, 0.717) is 6.04 Å². The average Bonchev–Trinajstić information content (AvgIpc) is 2.30. The summed E-state index contributed by atoms with van der Waals surface area (Å²) >= 11 is 1.73. The molecule has 1 heterocycles. The van der Waals surface area contributed by atoms with Crippen molar-refractivity contribution < 1.29 is 0 Å². The zero-order valence-corrected chi connectivity index (χ0v) is 10.9. The first kappa shape index (κ1) is 11.8. The molecule has 16 heavy (non-hydrogen) atoms. The van der Waals surface area contributed by atoms with Gasteiger partial charge >= 0.3 is 0 Å². The monoisotopic (exact) mass is 236 g/mol. The van der Waals surface area contributed by atoms with E-state index in [2.05, 4.69) is 35.6 Å². The number of thioether (sulfide) groups is 1. The lowest BCUT2D eigenvalue weighted by Crippen LogP contribution is -2.26. The Morgan fingerprint density at radius 2 is 2.25 bits per heavy atom. The number of nitrogens with zero attached hydrogens (tertiary/aromatic N) is 1. The standard InChI is InChI=1S/C13H20N2S/c1-10-4-3-5-11(8-10)15-13-7-6-12(16-2)9-14-13/h6-7,9-11H,3-5,8H2,1-2H3,(H,14,15). The van der Waals surface area contributed by atoms with Crippen molar-refractivity contribution in [2.24, 2.45) is 5.92 Å². The summed E-state index contributed by atoms with van der Waals surface area (Å²) in [6, 6.07) is 4.84. The number of hydrogen-bond donors (Lipinski definition) is 1. The van der Waals surface area contributed by atoms with Crippen LogP contribution in [0.3, 0.4) is 0 Å². The van der Waals surface area contributed by atoms with E-state index in [1.165, 1.54) is 30.6 Å². The summed E-state index contributed by atoms with van der Waals surface area (Å²) in [7, 11) is 0. The van der Waals surface area contributed by atoms with Gasteiger partial charge in [-0.1, -0.05) is 19.8 Å². The fraction of sp³-hybridized carbons (Fsp3) is 0.615. The number of rotatable bonds is 3. The fourth-order valence-electron chi connectivity index (χ4n) is 2.36. The van der Waals surface area contributed by atoms with Gasteiger partial charge in [0.2, 0.25) is 0 Å². The van der Waals surface area contributed by atoms with Crippen LogP contribution in [-0.2, 0) is 0 Å². The third-order valence-electron chi connectivity index (χ3n) is 3.26. The van der Waals surface area contributed by atoms with Crippen LogP contribution in [0.25, 0.3) is 0 Å². The van der Waals surface area contributed by atoms with E-state index in [1.807, 2.05) is 6.20 Å². The molecule has 0 aliphatic heterocycles. The van der Waals surface area contributed by atoms with E-state index in [0.717, 1.165) is 11.7 Å². The van der Waals surface area contributed by atoms with Gasteiger partial charge in [0.1, 0.15) is 5.82 Å². The van der Waals surface area contributed by atoms with Gasteiger partial charge in [0.25, 0.3) is 0 Å². The van der Waals surface area contributed by atoms with Crippen LogP contribution in [0.1, 0.15) is 32.6 Å². The minimum absolute atomic E-state index is 0.622. The Labute approximate surface area is 102 Å². The minimum Gasteiger partial charge on any atom is -0.367 e. The van der Waals surface area contributed by atoms with Crippen LogP contribution in [0.4, 0.5) is 5.82 Å². The lowest BCUT2D eigenvalue weighted by Gasteiger charge is -2.27. The number of pyridine rings is 1. The zero-order chi connectivity index (χ0) is 11.4.